The molecule has 0 saturated carbocycles. The van der Waals surface area contributed by atoms with Crippen LogP contribution in [0.4, 0.5) is 5.69 Å². The van der Waals surface area contributed by atoms with Gasteiger partial charge < -0.3 is 14.5 Å². The highest BCUT2D eigenvalue weighted by Gasteiger charge is 2.23. The molecule has 0 aliphatic heterocycles. The minimum absolute atomic E-state index is 0.00892. The Morgan fingerprint density at radius 2 is 1.97 bits per heavy atom. The predicted octanol–water partition coefficient (Wildman–Crippen LogP) is 2.28. The van der Waals surface area contributed by atoms with Crippen LogP contribution in [0.2, 0.25) is 0 Å². The summed E-state index contributed by atoms with van der Waals surface area (Å²) < 4.78 is 11.4. The average molecular weight is 398 g/mol. The Kier molecular flexibility index (Phi) is 5.44. The van der Waals surface area contributed by atoms with Gasteiger partial charge >= 0.3 is 11.4 Å². The zero-order valence-corrected chi connectivity index (χ0v) is 15.9. The number of aromatic amines is 1. The van der Waals surface area contributed by atoms with Crippen molar-refractivity contribution in [2.45, 2.75) is 20.0 Å². The van der Waals surface area contributed by atoms with Gasteiger partial charge in [-0.3, -0.25) is 14.9 Å². The molecule has 3 rings (SSSR count). The first-order valence-electron chi connectivity index (χ1n) is 8.63. The Balaban J connectivity index is 2.11. The summed E-state index contributed by atoms with van der Waals surface area (Å²) in [6.07, 6.45) is 0.858. The van der Waals surface area contributed by atoms with Crippen LogP contribution in [0.25, 0.3) is 10.9 Å². The van der Waals surface area contributed by atoms with Crippen LogP contribution in [0.3, 0.4) is 0 Å². The Labute approximate surface area is 164 Å². The van der Waals surface area contributed by atoms with Crippen molar-refractivity contribution in [2.75, 3.05) is 7.11 Å². The van der Waals surface area contributed by atoms with Crippen LogP contribution >= 0.6 is 0 Å². The highest BCUT2D eigenvalue weighted by atomic mass is 16.6. The molecule has 0 amide bonds. The van der Waals surface area contributed by atoms with E-state index in [2.05, 4.69) is 10.1 Å². The molecule has 0 aliphatic rings. The minimum Gasteiger partial charge on any atom is -0.493 e. The average Bonchev–Trinajstić information content (AvgIpc) is 2.67. The molecular formula is C19H18N4O6. The van der Waals surface area contributed by atoms with E-state index in [1.165, 1.54) is 25.5 Å². The molecule has 3 aromatic rings. The van der Waals surface area contributed by atoms with Crippen molar-refractivity contribution in [3.05, 3.63) is 72.9 Å². The van der Waals surface area contributed by atoms with Crippen molar-refractivity contribution < 1.29 is 14.4 Å². The van der Waals surface area contributed by atoms with Crippen LogP contribution in [0, 0.1) is 10.1 Å². The number of nitro benzene ring substituents is 1. The Bertz CT molecular complexity index is 1230. The molecule has 2 aromatic carbocycles. The number of ether oxygens (including phenoxy) is 2. The van der Waals surface area contributed by atoms with E-state index in [9.17, 15) is 19.7 Å². The quantitative estimate of drug-likeness (QED) is 0.385. The molecule has 10 heteroatoms. The fourth-order valence-electron chi connectivity index (χ4n) is 2.71. The predicted molar refractivity (Wildman–Crippen MR) is 107 cm³/mol. The molecule has 0 bridgehead atoms. The third kappa shape index (κ3) is 4.00. The van der Waals surface area contributed by atoms with Crippen LogP contribution in [-0.4, -0.2) is 34.0 Å². The van der Waals surface area contributed by atoms with Crippen molar-refractivity contribution in [3.8, 4) is 11.5 Å². The molecule has 0 unspecified atom stereocenters. The number of nitrogens with one attached hydrogen (secondary N) is 1. The fourth-order valence-corrected chi connectivity index (χ4v) is 2.71. The molecule has 1 N–H and O–H groups in total. The van der Waals surface area contributed by atoms with Gasteiger partial charge in [-0.25, -0.2) is 4.79 Å². The third-order valence-electron chi connectivity index (χ3n) is 3.93. The highest BCUT2D eigenvalue weighted by molar-refractivity contribution is 5.83. The molecule has 0 spiro atoms. The lowest BCUT2D eigenvalue weighted by atomic mass is 10.2. The third-order valence-corrected chi connectivity index (χ3v) is 3.93. The molecule has 150 valence electrons. The second-order valence-electron chi connectivity index (χ2n) is 6.33. The topological polar surface area (TPSA) is 129 Å². The minimum atomic E-state index is -0.730. The van der Waals surface area contributed by atoms with Crippen LogP contribution in [0.5, 0.6) is 11.5 Å². The first kappa shape index (κ1) is 19.8. The molecule has 0 atom stereocenters. The number of para-hydroxylation sites is 1. The SMILES string of the molecule is COc1cc(C=Nn2c(=O)[nH]c3ccccc3c2=O)cc([N+](=O)[O-])c1OC(C)C. The maximum atomic E-state index is 12.5. The number of methoxy groups -OCH3 is 1. The van der Waals surface area contributed by atoms with E-state index >= 15 is 0 Å². The van der Waals surface area contributed by atoms with Gasteiger partial charge in [-0.05, 0) is 32.0 Å². The van der Waals surface area contributed by atoms with E-state index in [0.29, 0.717) is 10.2 Å². The van der Waals surface area contributed by atoms with E-state index in [-0.39, 0.29) is 34.2 Å². The van der Waals surface area contributed by atoms with Gasteiger partial charge in [0.2, 0.25) is 5.75 Å². The second-order valence-corrected chi connectivity index (χ2v) is 6.33. The molecule has 29 heavy (non-hydrogen) atoms. The van der Waals surface area contributed by atoms with Gasteiger partial charge in [0, 0.05) is 11.6 Å². The van der Waals surface area contributed by atoms with Crippen molar-refractivity contribution in [1.29, 1.82) is 0 Å². The Morgan fingerprint density at radius 3 is 2.62 bits per heavy atom. The number of H-pyrrole nitrogens is 1. The molecule has 0 aliphatic carbocycles. The van der Waals surface area contributed by atoms with Crippen molar-refractivity contribution in [2.24, 2.45) is 5.10 Å². The maximum Gasteiger partial charge on any atom is 0.349 e. The monoisotopic (exact) mass is 398 g/mol. The first-order valence-corrected chi connectivity index (χ1v) is 8.63. The Morgan fingerprint density at radius 1 is 1.24 bits per heavy atom. The smallest absolute Gasteiger partial charge is 0.349 e. The molecule has 1 heterocycles. The van der Waals surface area contributed by atoms with E-state index in [1.807, 2.05) is 0 Å². The number of fused-ring (bicyclic) bond motifs is 1. The normalized spacial score (nSPS) is 11.3. The molecule has 1 aromatic heterocycles. The van der Waals surface area contributed by atoms with Crippen molar-refractivity contribution >= 4 is 22.8 Å². The van der Waals surface area contributed by atoms with E-state index in [0.717, 1.165) is 0 Å². The van der Waals surface area contributed by atoms with Crippen molar-refractivity contribution in [3.63, 3.8) is 0 Å². The van der Waals surface area contributed by atoms with E-state index < -0.39 is 16.2 Å². The molecular weight excluding hydrogens is 380 g/mol. The molecule has 0 fully saturated rings. The number of aromatic nitrogens is 2. The summed E-state index contributed by atoms with van der Waals surface area (Å²) in [5, 5.41) is 15.7. The summed E-state index contributed by atoms with van der Waals surface area (Å²) in [6.45, 7) is 3.47. The second kappa shape index (κ2) is 7.97. The molecule has 0 saturated heterocycles. The summed E-state index contributed by atoms with van der Waals surface area (Å²) in [4.78, 5) is 38.1. The van der Waals surface area contributed by atoms with E-state index in [1.54, 1.807) is 38.1 Å². The summed E-state index contributed by atoms with van der Waals surface area (Å²) >= 11 is 0. The highest BCUT2D eigenvalue weighted by Crippen LogP contribution is 2.38. The maximum absolute atomic E-state index is 12.5. The summed E-state index contributed by atoms with van der Waals surface area (Å²) in [6, 6.07) is 9.22. The van der Waals surface area contributed by atoms with Gasteiger partial charge in [0.15, 0.2) is 5.75 Å². The zero-order valence-electron chi connectivity index (χ0n) is 15.9. The standard InChI is InChI=1S/C19H18N4O6/c1-11(2)29-17-15(23(26)27)8-12(9-16(17)28-3)10-20-22-18(24)13-6-4-5-7-14(13)21-19(22)25/h4-11H,1-3H3,(H,21,25). The Hall–Kier alpha value is -3.95. The fraction of sp³-hybridized carbons (Fsp3) is 0.211. The van der Waals surface area contributed by atoms with E-state index in [4.69, 9.17) is 9.47 Å². The van der Waals surface area contributed by atoms with Gasteiger partial charge in [-0.1, -0.05) is 12.1 Å². The van der Waals surface area contributed by atoms with Crippen LogP contribution in [-0.2, 0) is 0 Å². The van der Waals surface area contributed by atoms with Crippen LogP contribution in [0.1, 0.15) is 19.4 Å². The largest absolute Gasteiger partial charge is 0.493 e. The number of hydrogen-bond acceptors (Lipinski definition) is 7. The van der Waals surface area contributed by atoms with Crippen LogP contribution < -0.4 is 20.7 Å². The van der Waals surface area contributed by atoms with Gasteiger partial charge in [0.1, 0.15) is 0 Å². The van der Waals surface area contributed by atoms with Gasteiger partial charge in [-0.15, -0.1) is 4.68 Å². The summed E-state index contributed by atoms with van der Waals surface area (Å²) in [5.74, 6) is 0.125. The number of rotatable bonds is 6. The lowest BCUT2D eigenvalue weighted by molar-refractivity contribution is -0.386. The molecule has 0 radical (unpaired) electrons. The lowest BCUT2D eigenvalue weighted by Crippen LogP contribution is -2.32. The lowest BCUT2D eigenvalue weighted by Gasteiger charge is -2.14. The first-order chi connectivity index (χ1) is 13.8. The summed E-state index contributed by atoms with van der Waals surface area (Å²) in [5.41, 5.74) is -1.02. The van der Waals surface area contributed by atoms with Gasteiger partial charge in [-0.2, -0.15) is 5.10 Å². The number of nitrogens with zero attached hydrogens (tertiary/aromatic N) is 3. The van der Waals surface area contributed by atoms with Gasteiger partial charge in [0.25, 0.3) is 5.56 Å². The van der Waals surface area contributed by atoms with Crippen molar-refractivity contribution in [1.82, 2.24) is 9.66 Å². The number of nitro groups is 1. The zero-order chi connectivity index (χ0) is 21.1. The van der Waals surface area contributed by atoms with Gasteiger partial charge in [0.05, 0.1) is 35.3 Å². The molecule has 10 nitrogen and oxygen atoms in total. The number of hydrogen-bond donors (Lipinski definition) is 1. The van der Waals surface area contributed by atoms with Crippen LogP contribution in [0.15, 0.2) is 51.1 Å². The number of benzene rings is 2. The summed E-state index contributed by atoms with van der Waals surface area (Å²) in [7, 11) is 1.35.